The van der Waals surface area contributed by atoms with Crippen LogP contribution in [0.5, 0.6) is 5.75 Å². The lowest BCUT2D eigenvalue weighted by Gasteiger charge is -2.08. The molecule has 1 heterocycles. The minimum atomic E-state index is -0.635. The van der Waals surface area contributed by atoms with E-state index in [1.165, 1.54) is 6.26 Å². The van der Waals surface area contributed by atoms with Crippen molar-refractivity contribution in [2.24, 2.45) is 0 Å². The van der Waals surface area contributed by atoms with Crippen molar-refractivity contribution in [3.05, 3.63) is 54.0 Å². The van der Waals surface area contributed by atoms with Gasteiger partial charge in [0.25, 0.3) is 5.91 Å². The van der Waals surface area contributed by atoms with Crippen molar-refractivity contribution >= 4 is 17.7 Å². The molecule has 0 bridgehead atoms. The quantitative estimate of drug-likeness (QED) is 0.759. The summed E-state index contributed by atoms with van der Waals surface area (Å²) in [6.07, 6.45) is 1.92. The van der Waals surface area contributed by atoms with Gasteiger partial charge in [-0.3, -0.25) is 14.9 Å². The summed E-state index contributed by atoms with van der Waals surface area (Å²) in [4.78, 5) is 34.7. The Kier molecular flexibility index (Phi) is 6.13. The average molecular weight is 330 g/mol. The summed E-state index contributed by atoms with van der Waals surface area (Å²) in [7, 11) is 0. The molecule has 0 spiro atoms. The largest absolute Gasteiger partial charge is 0.484 e. The third-order valence-electron chi connectivity index (χ3n) is 3.12. The summed E-state index contributed by atoms with van der Waals surface area (Å²) in [5.41, 5.74) is 0.589. The highest BCUT2D eigenvalue weighted by Gasteiger charge is 2.09. The summed E-state index contributed by atoms with van der Waals surface area (Å²) in [5, 5.41) is 4.62. The predicted molar refractivity (Wildman–Crippen MR) is 85.6 cm³/mol. The monoisotopic (exact) mass is 330 g/mol. The van der Waals surface area contributed by atoms with Gasteiger partial charge in [-0.05, 0) is 36.4 Å². The number of hydrogen-bond acceptors (Lipinski definition) is 5. The minimum absolute atomic E-state index is 0.0347. The van der Waals surface area contributed by atoms with Crippen LogP contribution in [0.15, 0.2) is 47.1 Å². The van der Waals surface area contributed by atoms with Gasteiger partial charge in [-0.1, -0.05) is 6.92 Å². The molecule has 0 saturated heterocycles. The van der Waals surface area contributed by atoms with Crippen LogP contribution in [0.2, 0.25) is 0 Å². The number of furan rings is 1. The molecule has 0 saturated carbocycles. The van der Waals surface area contributed by atoms with Crippen LogP contribution < -0.4 is 15.4 Å². The van der Waals surface area contributed by atoms with Crippen LogP contribution in [0.25, 0.3) is 0 Å². The molecule has 2 rings (SSSR count). The summed E-state index contributed by atoms with van der Waals surface area (Å²) < 4.78 is 10.3. The molecule has 0 unspecified atom stereocenters. The van der Waals surface area contributed by atoms with E-state index in [0.717, 1.165) is 0 Å². The number of imide groups is 1. The maximum absolute atomic E-state index is 11.6. The number of urea groups is 1. The molecule has 0 radical (unpaired) electrons. The molecule has 24 heavy (non-hydrogen) atoms. The third kappa shape index (κ3) is 5.28. The van der Waals surface area contributed by atoms with Crippen LogP contribution in [-0.4, -0.2) is 24.3 Å². The van der Waals surface area contributed by atoms with Crippen molar-refractivity contribution in [3.8, 4) is 5.75 Å². The molecule has 0 atom stereocenters. The third-order valence-corrected chi connectivity index (χ3v) is 3.12. The first-order valence-electron chi connectivity index (χ1n) is 7.44. The van der Waals surface area contributed by atoms with Gasteiger partial charge in [0.15, 0.2) is 12.4 Å². The van der Waals surface area contributed by atoms with Crippen LogP contribution in [0.1, 0.15) is 29.5 Å². The number of rotatable bonds is 7. The highest BCUT2D eigenvalue weighted by atomic mass is 16.5. The maximum Gasteiger partial charge on any atom is 0.321 e. The van der Waals surface area contributed by atoms with Gasteiger partial charge in [-0.15, -0.1) is 0 Å². The average Bonchev–Trinajstić information content (AvgIpc) is 3.11. The summed E-state index contributed by atoms with van der Waals surface area (Å²) >= 11 is 0. The molecule has 2 N–H and O–H groups in total. The van der Waals surface area contributed by atoms with Crippen LogP contribution >= 0.6 is 0 Å². The Balaban J connectivity index is 1.72. The Labute approximate surface area is 139 Å². The predicted octanol–water partition coefficient (Wildman–Crippen LogP) is 2.28. The van der Waals surface area contributed by atoms with Crippen molar-refractivity contribution in [3.63, 3.8) is 0 Å². The number of carbonyl (C=O) groups excluding carboxylic acids is 3. The first kappa shape index (κ1) is 17.3. The molecule has 0 aliphatic carbocycles. The van der Waals surface area contributed by atoms with Gasteiger partial charge in [0.2, 0.25) is 0 Å². The molecule has 1 aromatic carbocycles. The zero-order valence-electron chi connectivity index (χ0n) is 13.2. The van der Waals surface area contributed by atoms with Crippen molar-refractivity contribution in [1.82, 2.24) is 10.6 Å². The number of benzene rings is 1. The Morgan fingerprint density at radius 2 is 1.88 bits per heavy atom. The lowest BCUT2D eigenvalue weighted by molar-refractivity contribution is -0.122. The minimum Gasteiger partial charge on any atom is -0.484 e. The molecule has 7 nitrogen and oxygen atoms in total. The Hall–Kier alpha value is -3.09. The first-order valence-corrected chi connectivity index (χ1v) is 7.44. The van der Waals surface area contributed by atoms with E-state index in [1.54, 1.807) is 43.3 Å². The van der Waals surface area contributed by atoms with E-state index in [2.05, 4.69) is 10.6 Å². The molecule has 1 aromatic heterocycles. The zero-order chi connectivity index (χ0) is 17.4. The van der Waals surface area contributed by atoms with E-state index < -0.39 is 11.9 Å². The maximum atomic E-state index is 11.6. The standard InChI is InChI=1S/C17H18N2O5/c1-2-15(20)12-5-7-13(8-6-12)24-11-16(21)19-17(22)18-10-14-4-3-9-23-14/h3-9H,2,10-11H2,1H3,(H2,18,19,21,22). The van der Waals surface area contributed by atoms with Crippen molar-refractivity contribution < 1.29 is 23.5 Å². The van der Waals surface area contributed by atoms with E-state index in [1.807, 2.05) is 0 Å². The van der Waals surface area contributed by atoms with E-state index in [0.29, 0.717) is 23.5 Å². The lowest BCUT2D eigenvalue weighted by atomic mass is 10.1. The molecule has 3 amide bonds. The fraction of sp³-hybridized carbons (Fsp3) is 0.235. The van der Waals surface area contributed by atoms with Gasteiger partial charge in [0.1, 0.15) is 11.5 Å². The lowest BCUT2D eigenvalue weighted by Crippen LogP contribution is -2.41. The van der Waals surface area contributed by atoms with Crippen LogP contribution in [0, 0.1) is 0 Å². The van der Waals surface area contributed by atoms with Gasteiger partial charge in [0, 0.05) is 12.0 Å². The molecule has 0 aliphatic heterocycles. The molecular formula is C17H18N2O5. The summed E-state index contributed by atoms with van der Waals surface area (Å²) in [5.74, 6) is 0.470. The number of ketones is 1. The molecular weight excluding hydrogens is 312 g/mol. The fourth-order valence-corrected chi connectivity index (χ4v) is 1.88. The van der Waals surface area contributed by atoms with Crippen LogP contribution in [0.3, 0.4) is 0 Å². The zero-order valence-corrected chi connectivity index (χ0v) is 13.2. The van der Waals surface area contributed by atoms with Gasteiger partial charge >= 0.3 is 6.03 Å². The first-order chi connectivity index (χ1) is 11.6. The Bertz CT molecular complexity index is 692. The Morgan fingerprint density at radius 3 is 2.50 bits per heavy atom. The second-order valence-electron chi connectivity index (χ2n) is 4.90. The molecule has 2 aromatic rings. The second-order valence-corrected chi connectivity index (χ2v) is 4.90. The molecule has 126 valence electrons. The van der Waals surface area contributed by atoms with Gasteiger partial charge in [0.05, 0.1) is 12.8 Å². The number of Topliss-reactive ketones (excluding diaryl/α,β-unsaturated/α-hetero) is 1. The topological polar surface area (TPSA) is 97.6 Å². The van der Waals surface area contributed by atoms with Crippen molar-refractivity contribution in [2.45, 2.75) is 19.9 Å². The second kappa shape index (κ2) is 8.52. The van der Waals surface area contributed by atoms with Crippen molar-refractivity contribution in [1.29, 1.82) is 0 Å². The van der Waals surface area contributed by atoms with E-state index in [-0.39, 0.29) is 18.9 Å². The summed E-state index contributed by atoms with van der Waals surface area (Å²) in [6, 6.07) is 9.25. The Morgan fingerprint density at radius 1 is 1.12 bits per heavy atom. The van der Waals surface area contributed by atoms with E-state index in [4.69, 9.17) is 9.15 Å². The van der Waals surface area contributed by atoms with Crippen LogP contribution in [0.4, 0.5) is 4.79 Å². The smallest absolute Gasteiger partial charge is 0.321 e. The van der Waals surface area contributed by atoms with Gasteiger partial charge < -0.3 is 14.5 Å². The van der Waals surface area contributed by atoms with Gasteiger partial charge in [-0.25, -0.2) is 4.79 Å². The highest BCUT2D eigenvalue weighted by molar-refractivity contribution is 5.96. The van der Waals surface area contributed by atoms with Crippen LogP contribution in [-0.2, 0) is 11.3 Å². The number of carbonyl (C=O) groups is 3. The fourth-order valence-electron chi connectivity index (χ4n) is 1.88. The molecule has 7 heteroatoms. The van der Waals surface area contributed by atoms with Crippen molar-refractivity contribution in [2.75, 3.05) is 6.61 Å². The number of ether oxygens (including phenoxy) is 1. The van der Waals surface area contributed by atoms with Gasteiger partial charge in [-0.2, -0.15) is 0 Å². The van der Waals surface area contributed by atoms with E-state index >= 15 is 0 Å². The number of nitrogens with one attached hydrogen (secondary N) is 2. The summed E-state index contributed by atoms with van der Waals surface area (Å²) in [6.45, 7) is 1.66. The normalized spacial score (nSPS) is 10.0. The molecule has 0 aliphatic rings. The molecule has 0 fully saturated rings. The van der Waals surface area contributed by atoms with E-state index in [9.17, 15) is 14.4 Å². The highest BCUT2D eigenvalue weighted by Crippen LogP contribution is 2.13. The SMILES string of the molecule is CCC(=O)c1ccc(OCC(=O)NC(=O)NCc2ccco2)cc1. The number of amides is 3. The number of hydrogen-bond donors (Lipinski definition) is 2.